The lowest BCUT2D eigenvalue weighted by Gasteiger charge is -2.10. The molecule has 106 valence electrons. The lowest BCUT2D eigenvalue weighted by molar-refractivity contribution is 0.569. The molecular formula is C14H15FN2O2S. The van der Waals surface area contributed by atoms with Crippen LogP contribution < -0.4 is 4.72 Å². The van der Waals surface area contributed by atoms with Gasteiger partial charge >= 0.3 is 0 Å². The molecule has 1 aromatic heterocycles. The third-order valence-corrected chi connectivity index (χ3v) is 4.44. The molecule has 0 aliphatic heterocycles. The molecule has 0 bridgehead atoms. The van der Waals surface area contributed by atoms with E-state index in [0.717, 1.165) is 5.56 Å². The monoisotopic (exact) mass is 294 g/mol. The first-order valence-electron chi connectivity index (χ1n) is 6.06. The van der Waals surface area contributed by atoms with Crippen LogP contribution in [0.3, 0.4) is 0 Å². The molecule has 0 unspecified atom stereocenters. The minimum Gasteiger partial charge on any atom is -0.257 e. The highest BCUT2D eigenvalue weighted by Gasteiger charge is 2.17. The summed E-state index contributed by atoms with van der Waals surface area (Å²) >= 11 is 0. The average molecular weight is 294 g/mol. The smallest absolute Gasteiger partial charge is 0.241 e. The van der Waals surface area contributed by atoms with Crippen LogP contribution in [0.2, 0.25) is 0 Å². The van der Waals surface area contributed by atoms with Gasteiger partial charge in [0.25, 0.3) is 0 Å². The van der Waals surface area contributed by atoms with Gasteiger partial charge in [0.1, 0.15) is 5.82 Å². The lowest BCUT2D eigenvalue weighted by atomic mass is 10.2. The Balaban J connectivity index is 2.24. The molecule has 0 saturated carbocycles. The van der Waals surface area contributed by atoms with E-state index in [1.54, 1.807) is 19.1 Å². The normalized spacial score (nSPS) is 11.6. The molecule has 0 amide bonds. The number of aryl methyl sites for hydroxylation is 2. The van der Waals surface area contributed by atoms with E-state index in [2.05, 4.69) is 9.71 Å². The molecule has 0 radical (unpaired) electrons. The van der Waals surface area contributed by atoms with Gasteiger partial charge < -0.3 is 0 Å². The van der Waals surface area contributed by atoms with Crippen LogP contribution in [-0.2, 0) is 16.6 Å². The molecule has 20 heavy (non-hydrogen) atoms. The minimum atomic E-state index is -3.69. The Morgan fingerprint density at radius 1 is 1.25 bits per heavy atom. The molecule has 0 fully saturated rings. The number of halogens is 1. The zero-order valence-corrected chi connectivity index (χ0v) is 12.0. The van der Waals surface area contributed by atoms with Crippen molar-refractivity contribution in [2.24, 2.45) is 0 Å². The molecule has 2 rings (SSSR count). The van der Waals surface area contributed by atoms with Gasteiger partial charge in [-0.15, -0.1) is 0 Å². The van der Waals surface area contributed by atoms with Crippen LogP contribution in [0.5, 0.6) is 0 Å². The van der Waals surface area contributed by atoms with E-state index >= 15 is 0 Å². The van der Waals surface area contributed by atoms with Crippen molar-refractivity contribution in [2.45, 2.75) is 25.3 Å². The number of benzene rings is 1. The van der Waals surface area contributed by atoms with Crippen LogP contribution >= 0.6 is 0 Å². The van der Waals surface area contributed by atoms with Gasteiger partial charge in [-0.1, -0.05) is 12.1 Å². The van der Waals surface area contributed by atoms with E-state index in [0.29, 0.717) is 5.56 Å². The second-order valence-electron chi connectivity index (χ2n) is 4.53. The van der Waals surface area contributed by atoms with E-state index < -0.39 is 15.8 Å². The van der Waals surface area contributed by atoms with Crippen molar-refractivity contribution < 1.29 is 12.8 Å². The summed E-state index contributed by atoms with van der Waals surface area (Å²) in [6, 6.07) is 7.87. The van der Waals surface area contributed by atoms with Gasteiger partial charge in [-0.3, -0.25) is 4.98 Å². The van der Waals surface area contributed by atoms with Crippen molar-refractivity contribution in [3.63, 3.8) is 0 Å². The Bertz CT molecular complexity index is 730. The zero-order valence-electron chi connectivity index (χ0n) is 11.2. The number of sulfonamides is 1. The van der Waals surface area contributed by atoms with Gasteiger partial charge in [-0.2, -0.15) is 0 Å². The largest absolute Gasteiger partial charge is 0.257 e. The number of nitrogens with one attached hydrogen (secondary N) is 1. The second-order valence-corrected chi connectivity index (χ2v) is 6.26. The molecule has 0 saturated heterocycles. The molecule has 1 N–H and O–H groups in total. The van der Waals surface area contributed by atoms with E-state index in [1.165, 1.54) is 18.3 Å². The summed E-state index contributed by atoms with van der Waals surface area (Å²) < 4.78 is 40.2. The van der Waals surface area contributed by atoms with Crippen LogP contribution in [0.4, 0.5) is 4.39 Å². The average Bonchev–Trinajstić information content (AvgIpc) is 2.40. The molecule has 0 aliphatic carbocycles. The van der Waals surface area contributed by atoms with Crippen molar-refractivity contribution >= 4 is 10.0 Å². The first-order valence-corrected chi connectivity index (χ1v) is 7.55. The van der Waals surface area contributed by atoms with Crippen LogP contribution in [0.1, 0.15) is 16.8 Å². The Morgan fingerprint density at radius 2 is 2.00 bits per heavy atom. The summed E-state index contributed by atoms with van der Waals surface area (Å²) in [6.07, 6.45) is 1.42. The van der Waals surface area contributed by atoms with Gasteiger partial charge in [-0.05, 0) is 43.2 Å². The highest BCUT2D eigenvalue weighted by Crippen LogP contribution is 2.17. The lowest BCUT2D eigenvalue weighted by Crippen LogP contribution is -2.25. The van der Waals surface area contributed by atoms with Gasteiger partial charge in [0.05, 0.1) is 17.1 Å². The van der Waals surface area contributed by atoms with Crippen LogP contribution in [0.15, 0.2) is 41.4 Å². The highest BCUT2D eigenvalue weighted by molar-refractivity contribution is 7.89. The minimum absolute atomic E-state index is 0.0707. The van der Waals surface area contributed by atoms with E-state index in [4.69, 9.17) is 0 Å². The van der Waals surface area contributed by atoms with Crippen LogP contribution in [0.25, 0.3) is 0 Å². The van der Waals surface area contributed by atoms with E-state index in [1.807, 2.05) is 13.0 Å². The summed E-state index contributed by atoms with van der Waals surface area (Å²) in [5.41, 5.74) is 1.56. The SMILES string of the molecule is Cc1ccc(C)c(S(=O)(=O)NCc2ncccc2F)c1. The van der Waals surface area contributed by atoms with Crippen molar-refractivity contribution in [2.75, 3.05) is 0 Å². The van der Waals surface area contributed by atoms with Crippen LogP contribution in [-0.4, -0.2) is 13.4 Å². The molecule has 2 aromatic rings. The fourth-order valence-electron chi connectivity index (χ4n) is 1.79. The predicted molar refractivity (Wildman–Crippen MR) is 74.1 cm³/mol. The number of pyridine rings is 1. The van der Waals surface area contributed by atoms with Crippen molar-refractivity contribution in [1.29, 1.82) is 0 Å². The van der Waals surface area contributed by atoms with E-state index in [9.17, 15) is 12.8 Å². The summed E-state index contributed by atoms with van der Waals surface area (Å²) in [7, 11) is -3.69. The number of rotatable bonds is 4. The highest BCUT2D eigenvalue weighted by atomic mass is 32.2. The number of hydrogen-bond donors (Lipinski definition) is 1. The third kappa shape index (κ3) is 3.20. The molecule has 1 aromatic carbocycles. The standard InChI is InChI=1S/C14H15FN2O2S/c1-10-5-6-11(2)14(8-10)20(18,19)17-9-13-12(15)4-3-7-16-13/h3-8,17H,9H2,1-2H3. The number of aromatic nitrogens is 1. The maximum absolute atomic E-state index is 13.4. The van der Waals surface area contributed by atoms with Crippen molar-refractivity contribution in [3.05, 3.63) is 59.2 Å². The molecule has 0 aliphatic rings. The fourth-order valence-corrected chi connectivity index (χ4v) is 3.10. The van der Waals surface area contributed by atoms with Crippen LogP contribution in [0, 0.1) is 19.7 Å². The first-order chi connectivity index (χ1) is 9.40. The Hall–Kier alpha value is -1.79. The number of hydrogen-bond acceptors (Lipinski definition) is 3. The van der Waals surface area contributed by atoms with Crippen molar-refractivity contribution in [3.8, 4) is 0 Å². The summed E-state index contributed by atoms with van der Waals surface area (Å²) in [5, 5.41) is 0. The zero-order chi connectivity index (χ0) is 14.8. The molecule has 0 spiro atoms. The molecule has 0 atom stereocenters. The van der Waals surface area contributed by atoms with Gasteiger partial charge in [0, 0.05) is 6.20 Å². The third-order valence-electron chi connectivity index (χ3n) is 2.90. The predicted octanol–water partition coefficient (Wildman–Crippen LogP) is 2.32. The number of nitrogens with zero attached hydrogens (tertiary/aromatic N) is 1. The Kier molecular flexibility index (Phi) is 4.15. The second kappa shape index (κ2) is 5.68. The maximum Gasteiger partial charge on any atom is 0.241 e. The van der Waals surface area contributed by atoms with Gasteiger partial charge in [-0.25, -0.2) is 17.5 Å². The van der Waals surface area contributed by atoms with Gasteiger partial charge in [0.15, 0.2) is 0 Å². The molecular weight excluding hydrogens is 279 g/mol. The quantitative estimate of drug-likeness (QED) is 0.941. The summed E-state index contributed by atoms with van der Waals surface area (Å²) in [4.78, 5) is 4.02. The summed E-state index contributed by atoms with van der Waals surface area (Å²) in [5.74, 6) is -0.531. The molecule has 4 nitrogen and oxygen atoms in total. The van der Waals surface area contributed by atoms with Crippen molar-refractivity contribution in [1.82, 2.24) is 9.71 Å². The Labute approximate surface area is 117 Å². The maximum atomic E-state index is 13.4. The molecule has 1 heterocycles. The Morgan fingerprint density at radius 3 is 2.70 bits per heavy atom. The first kappa shape index (κ1) is 14.6. The summed E-state index contributed by atoms with van der Waals surface area (Å²) in [6.45, 7) is 3.36. The molecule has 6 heteroatoms. The fraction of sp³-hybridized carbons (Fsp3) is 0.214. The van der Waals surface area contributed by atoms with E-state index in [-0.39, 0.29) is 17.1 Å². The van der Waals surface area contributed by atoms with Gasteiger partial charge in [0.2, 0.25) is 10.0 Å². The topological polar surface area (TPSA) is 59.1 Å².